The van der Waals surface area contributed by atoms with Crippen molar-refractivity contribution in [1.82, 2.24) is 15.6 Å². The van der Waals surface area contributed by atoms with Crippen LogP contribution >= 0.6 is 23.5 Å². The number of fused-ring (bicyclic) bond motifs is 1. The van der Waals surface area contributed by atoms with E-state index >= 15 is 0 Å². The zero-order valence-electron chi connectivity index (χ0n) is 16.5. The highest BCUT2D eigenvalue weighted by Gasteiger charge is 2.43. The number of rotatable bonds is 6. The number of thioether (sulfide) groups is 2. The lowest BCUT2D eigenvalue weighted by molar-refractivity contribution is -0.134. The Morgan fingerprint density at radius 2 is 2.00 bits per heavy atom. The normalized spacial score (nSPS) is 26.3. The lowest BCUT2D eigenvalue weighted by atomic mass is 9.95. The van der Waals surface area contributed by atoms with Crippen LogP contribution in [0.1, 0.15) is 17.5 Å². The van der Waals surface area contributed by atoms with Crippen LogP contribution in [0.15, 0.2) is 29.4 Å². The Morgan fingerprint density at radius 3 is 2.70 bits per heavy atom. The van der Waals surface area contributed by atoms with E-state index in [2.05, 4.69) is 28.0 Å². The van der Waals surface area contributed by atoms with E-state index in [1.165, 1.54) is 29.1 Å². The summed E-state index contributed by atoms with van der Waals surface area (Å²) in [5, 5.41) is 6.65. The van der Waals surface area contributed by atoms with Gasteiger partial charge in [-0.3, -0.25) is 14.9 Å². The van der Waals surface area contributed by atoms with Crippen LogP contribution in [0.2, 0.25) is 0 Å². The molecule has 1 aliphatic carbocycles. The van der Waals surface area contributed by atoms with E-state index in [1.54, 1.807) is 16.7 Å². The molecule has 2 heterocycles. The molecule has 0 saturated carbocycles. The van der Waals surface area contributed by atoms with Crippen molar-refractivity contribution >= 4 is 47.5 Å². The van der Waals surface area contributed by atoms with Crippen LogP contribution in [0, 0.1) is 5.92 Å². The van der Waals surface area contributed by atoms with Gasteiger partial charge in [-0.05, 0) is 29.9 Å². The summed E-state index contributed by atoms with van der Waals surface area (Å²) in [4.78, 5) is 38.8. The second-order valence-electron chi connectivity index (χ2n) is 7.76. The fourth-order valence-corrected chi connectivity index (χ4v) is 6.57. The second-order valence-corrected chi connectivity index (χ2v) is 9.89. The SMILES string of the molecule is NC(=O)NN=C[C@@H]1CSCN1C(=O)[C@H]1NCSC1C(=O)CC1Cc2ccccc2C1. The minimum absolute atomic E-state index is 0.0893. The molecule has 3 amide bonds. The maximum atomic E-state index is 13.2. The standard InChI is InChI=1S/C20H25N5O3S2/c21-20(28)24-23-8-15-9-29-11-25(15)19(27)17-18(30-10-22-17)16(26)7-12-5-13-3-1-2-4-14(13)6-12/h1-4,8,12,15,17-18,22H,5-7,9-11H2,(H3,21,24,28)/t15-,17+,18?/m1/s1. The average Bonchev–Trinajstić information content (AvgIpc) is 3.45. The van der Waals surface area contributed by atoms with E-state index in [0.29, 0.717) is 29.8 Å². The number of benzene rings is 1. The summed E-state index contributed by atoms with van der Waals surface area (Å²) in [7, 11) is 0. The van der Waals surface area contributed by atoms with Crippen molar-refractivity contribution in [3.8, 4) is 0 Å². The zero-order chi connectivity index (χ0) is 21.1. The fourth-order valence-electron chi connectivity index (χ4n) is 4.30. The largest absolute Gasteiger partial charge is 0.350 e. The van der Waals surface area contributed by atoms with Crippen molar-refractivity contribution < 1.29 is 14.4 Å². The van der Waals surface area contributed by atoms with Gasteiger partial charge >= 0.3 is 6.03 Å². The first-order chi connectivity index (χ1) is 14.5. The van der Waals surface area contributed by atoms with E-state index in [-0.39, 0.29) is 23.0 Å². The fraction of sp³-hybridized carbons (Fsp3) is 0.500. The molecule has 3 aliphatic rings. The lowest BCUT2D eigenvalue weighted by Gasteiger charge is -2.26. The summed E-state index contributed by atoms with van der Waals surface area (Å²) in [5.41, 5.74) is 9.85. The molecule has 1 unspecified atom stereocenters. The van der Waals surface area contributed by atoms with Crippen LogP contribution in [0.5, 0.6) is 0 Å². The highest BCUT2D eigenvalue weighted by molar-refractivity contribution is 8.01. The topological polar surface area (TPSA) is 117 Å². The molecular weight excluding hydrogens is 422 g/mol. The summed E-state index contributed by atoms with van der Waals surface area (Å²) in [6.07, 6.45) is 3.89. The van der Waals surface area contributed by atoms with Gasteiger partial charge in [0.05, 0.1) is 17.2 Å². The van der Waals surface area contributed by atoms with Crippen LogP contribution in [-0.4, -0.2) is 63.7 Å². The lowest BCUT2D eigenvalue weighted by Crippen LogP contribution is -2.52. The van der Waals surface area contributed by atoms with Crippen molar-refractivity contribution in [2.24, 2.45) is 16.8 Å². The number of Topliss-reactive ketones (excluding diaryl/α,β-unsaturated/α-hetero) is 1. The molecular formula is C20H25N5O3S2. The van der Waals surface area contributed by atoms with Gasteiger partial charge in [0.2, 0.25) is 5.91 Å². The third kappa shape index (κ3) is 4.65. The Bertz CT molecular complexity index is 840. The molecule has 0 radical (unpaired) electrons. The number of nitrogens with one attached hydrogen (secondary N) is 2. The average molecular weight is 448 g/mol. The van der Waals surface area contributed by atoms with Crippen molar-refractivity contribution in [3.63, 3.8) is 0 Å². The summed E-state index contributed by atoms with van der Waals surface area (Å²) in [6.45, 7) is 0. The Kier molecular flexibility index (Phi) is 6.64. The molecule has 2 fully saturated rings. The molecule has 4 N–H and O–H groups in total. The minimum Gasteiger partial charge on any atom is -0.350 e. The van der Waals surface area contributed by atoms with Gasteiger partial charge in [0, 0.05) is 24.3 Å². The van der Waals surface area contributed by atoms with E-state index in [9.17, 15) is 14.4 Å². The Labute approximate surface area is 183 Å². The molecule has 30 heavy (non-hydrogen) atoms. The molecule has 2 aliphatic heterocycles. The molecule has 3 atom stereocenters. The number of hydrazone groups is 1. The van der Waals surface area contributed by atoms with Gasteiger partial charge in [-0.2, -0.15) is 5.10 Å². The van der Waals surface area contributed by atoms with Gasteiger partial charge < -0.3 is 10.6 Å². The van der Waals surface area contributed by atoms with Gasteiger partial charge in [-0.15, -0.1) is 23.5 Å². The Morgan fingerprint density at radius 1 is 1.27 bits per heavy atom. The Balaban J connectivity index is 1.37. The first-order valence-electron chi connectivity index (χ1n) is 9.94. The highest BCUT2D eigenvalue weighted by atomic mass is 32.2. The zero-order valence-corrected chi connectivity index (χ0v) is 18.1. The maximum absolute atomic E-state index is 13.2. The van der Waals surface area contributed by atoms with Crippen LogP contribution in [0.4, 0.5) is 4.79 Å². The number of ketones is 1. The van der Waals surface area contributed by atoms with Gasteiger partial charge in [0.15, 0.2) is 0 Å². The molecule has 160 valence electrons. The molecule has 10 heteroatoms. The minimum atomic E-state index is -0.747. The quantitative estimate of drug-likeness (QED) is 0.442. The van der Waals surface area contributed by atoms with Gasteiger partial charge in [0.25, 0.3) is 0 Å². The molecule has 0 aromatic heterocycles. The number of nitrogens with two attached hydrogens (primary N) is 1. The molecule has 1 aromatic carbocycles. The summed E-state index contributed by atoms with van der Waals surface area (Å²) < 4.78 is 0. The van der Waals surface area contributed by atoms with Crippen molar-refractivity contribution in [1.29, 1.82) is 0 Å². The Hall–Kier alpha value is -2.04. The monoisotopic (exact) mass is 447 g/mol. The molecule has 8 nitrogen and oxygen atoms in total. The molecule has 4 rings (SSSR count). The van der Waals surface area contributed by atoms with E-state index < -0.39 is 12.1 Å². The number of nitrogens with zero attached hydrogens (tertiary/aromatic N) is 2. The first kappa shape index (κ1) is 21.2. The third-order valence-corrected chi connectivity index (χ3v) is 7.97. The number of urea groups is 1. The first-order valence-corrected chi connectivity index (χ1v) is 12.1. The number of carbonyl (C=O) groups is 3. The number of hydrogen-bond donors (Lipinski definition) is 3. The van der Waals surface area contributed by atoms with E-state index in [4.69, 9.17) is 5.73 Å². The van der Waals surface area contributed by atoms with Crippen molar-refractivity contribution in [3.05, 3.63) is 35.4 Å². The highest BCUT2D eigenvalue weighted by Crippen LogP contribution is 2.33. The second kappa shape index (κ2) is 9.40. The third-order valence-electron chi connectivity index (χ3n) is 5.70. The van der Waals surface area contributed by atoms with Gasteiger partial charge in [-0.1, -0.05) is 24.3 Å². The molecule has 1 aromatic rings. The van der Waals surface area contributed by atoms with E-state index in [0.717, 1.165) is 12.8 Å². The number of primary amides is 1. The van der Waals surface area contributed by atoms with E-state index in [1.807, 2.05) is 12.1 Å². The van der Waals surface area contributed by atoms with Crippen LogP contribution in [0.3, 0.4) is 0 Å². The van der Waals surface area contributed by atoms with Crippen LogP contribution < -0.4 is 16.5 Å². The van der Waals surface area contributed by atoms with Crippen LogP contribution in [-0.2, 0) is 22.4 Å². The number of carbonyl (C=O) groups excluding carboxylic acids is 3. The summed E-state index contributed by atoms with van der Waals surface area (Å²) in [6, 6.07) is 6.85. The summed E-state index contributed by atoms with van der Waals surface area (Å²) in [5.74, 6) is 2.18. The molecule has 0 spiro atoms. The van der Waals surface area contributed by atoms with Gasteiger partial charge in [0.1, 0.15) is 11.8 Å². The molecule has 2 saturated heterocycles. The number of amides is 3. The van der Waals surface area contributed by atoms with Crippen molar-refractivity contribution in [2.75, 3.05) is 17.5 Å². The summed E-state index contributed by atoms with van der Waals surface area (Å²) >= 11 is 3.13. The van der Waals surface area contributed by atoms with Gasteiger partial charge in [-0.25, -0.2) is 10.2 Å². The van der Waals surface area contributed by atoms with Crippen LogP contribution in [0.25, 0.3) is 0 Å². The number of hydrogen-bond acceptors (Lipinski definition) is 7. The smallest absolute Gasteiger partial charge is 0.332 e. The maximum Gasteiger partial charge on any atom is 0.332 e. The predicted octanol–water partition coefficient (Wildman–Crippen LogP) is 0.947. The predicted molar refractivity (Wildman–Crippen MR) is 119 cm³/mol. The van der Waals surface area contributed by atoms with Crippen molar-refractivity contribution in [2.45, 2.75) is 36.6 Å². The molecule has 0 bridgehead atoms.